The summed E-state index contributed by atoms with van der Waals surface area (Å²) in [6, 6.07) is 0.441. The number of rotatable bonds is 6. The fourth-order valence-corrected chi connectivity index (χ4v) is 1.11. The molecule has 0 aliphatic rings. The second-order valence-corrected chi connectivity index (χ2v) is 3.49. The highest BCUT2D eigenvalue weighted by Gasteiger charge is 2.08. The average molecular weight is 175 g/mol. The van der Waals surface area contributed by atoms with E-state index in [1.54, 1.807) is 6.92 Å². The molecule has 3 heteroatoms. The van der Waals surface area contributed by atoms with Crippen molar-refractivity contribution in [3.63, 3.8) is 0 Å². The Balaban J connectivity index is 3.63. The maximum Gasteiger partial charge on any atom is 0.0558 e. The van der Waals surface area contributed by atoms with E-state index >= 15 is 0 Å². The highest BCUT2D eigenvalue weighted by atomic mass is 16.3. The number of hydrogen-bond acceptors (Lipinski definition) is 3. The van der Waals surface area contributed by atoms with Gasteiger partial charge in [0.15, 0.2) is 0 Å². The van der Waals surface area contributed by atoms with Crippen LogP contribution in [-0.4, -0.2) is 47.0 Å². The summed E-state index contributed by atoms with van der Waals surface area (Å²) in [5.41, 5.74) is 0. The van der Waals surface area contributed by atoms with Gasteiger partial charge in [-0.15, -0.1) is 0 Å². The number of aliphatic hydroxyl groups excluding tert-OH is 2. The molecule has 0 spiro atoms. The van der Waals surface area contributed by atoms with Gasteiger partial charge >= 0.3 is 0 Å². The molecule has 0 heterocycles. The average Bonchev–Trinajstić information content (AvgIpc) is 1.96. The van der Waals surface area contributed by atoms with Crippen molar-refractivity contribution >= 4 is 0 Å². The molecule has 0 bridgehead atoms. The molecule has 0 saturated heterocycles. The van der Waals surface area contributed by atoms with E-state index in [9.17, 15) is 0 Å². The molecule has 0 aromatic rings. The summed E-state index contributed by atoms with van der Waals surface area (Å²) in [5.74, 6) is 0. The van der Waals surface area contributed by atoms with E-state index in [2.05, 4.69) is 18.7 Å². The Labute approximate surface area is 75.0 Å². The Bertz CT molecular complexity index is 105. The van der Waals surface area contributed by atoms with Crippen LogP contribution in [-0.2, 0) is 0 Å². The van der Waals surface area contributed by atoms with E-state index in [0.29, 0.717) is 12.6 Å². The lowest BCUT2D eigenvalue weighted by atomic mass is 10.2. The number of hydrogen-bond donors (Lipinski definition) is 2. The summed E-state index contributed by atoms with van der Waals surface area (Å²) in [6.07, 6.45) is 0.531. The minimum atomic E-state index is -0.245. The molecule has 0 fully saturated rings. The second-order valence-electron chi connectivity index (χ2n) is 3.49. The maximum atomic E-state index is 9.06. The van der Waals surface area contributed by atoms with Crippen LogP contribution in [0.5, 0.6) is 0 Å². The van der Waals surface area contributed by atoms with Gasteiger partial charge in [0.25, 0.3) is 0 Å². The Morgan fingerprint density at radius 2 is 1.75 bits per heavy atom. The first-order valence-corrected chi connectivity index (χ1v) is 4.61. The van der Waals surface area contributed by atoms with Gasteiger partial charge in [-0.2, -0.15) is 0 Å². The fourth-order valence-electron chi connectivity index (χ4n) is 1.11. The maximum absolute atomic E-state index is 9.06. The van der Waals surface area contributed by atoms with E-state index in [1.165, 1.54) is 0 Å². The van der Waals surface area contributed by atoms with Crippen molar-refractivity contribution in [3.05, 3.63) is 0 Å². The fraction of sp³-hybridized carbons (Fsp3) is 1.00. The molecule has 0 aromatic heterocycles. The second kappa shape index (κ2) is 6.40. The van der Waals surface area contributed by atoms with Crippen LogP contribution in [0, 0.1) is 0 Å². The molecule has 0 rings (SSSR count). The van der Waals surface area contributed by atoms with Crippen LogP contribution in [0.1, 0.15) is 27.2 Å². The van der Waals surface area contributed by atoms with E-state index in [4.69, 9.17) is 10.2 Å². The SMILES string of the molecule is CC(O)CCN(CCO)C(C)C. The van der Waals surface area contributed by atoms with Crippen LogP contribution in [0.15, 0.2) is 0 Å². The molecule has 0 saturated carbocycles. The van der Waals surface area contributed by atoms with Gasteiger partial charge in [0.05, 0.1) is 12.7 Å². The first kappa shape index (κ1) is 11.9. The molecule has 3 nitrogen and oxygen atoms in total. The summed E-state index contributed by atoms with van der Waals surface area (Å²) < 4.78 is 0. The van der Waals surface area contributed by atoms with Gasteiger partial charge < -0.3 is 10.2 Å². The van der Waals surface area contributed by atoms with Gasteiger partial charge in [-0.05, 0) is 27.2 Å². The Kier molecular flexibility index (Phi) is 6.34. The molecule has 0 amide bonds. The quantitative estimate of drug-likeness (QED) is 0.616. The first-order valence-electron chi connectivity index (χ1n) is 4.61. The molecule has 74 valence electrons. The van der Waals surface area contributed by atoms with E-state index in [-0.39, 0.29) is 12.7 Å². The van der Waals surface area contributed by atoms with Crippen LogP contribution < -0.4 is 0 Å². The minimum Gasteiger partial charge on any atom is -0.395 e. The van der Waals surface area contributed by atoms with Crippen molar-refractivity contribution in [1.29, 1.82) is 0 Å². The normalized spacial score (nSPS) is 14.2. The number of nitrogens with zero attached hydrogens (tertiary/aromatic N) is 1. The van der Waals surface area contributed by atoms with Crippen molar-refractivity contribution < 1.29 is 10.2 Å². The highest BCUT2D eigenvalue weighted by Crippen LogP contribution is 2.00. The van der Waals surface area contributed by atoms with Crippen molar-refractivity contribution in [3.8, 4) is 0 Å². The summed E-state index contributed by atoms with van der Waals surface area (Å²) in [4.78, 5) is 2.16. The lowest BCUT2D eigenvalue weighted by molar-refractivity contribution is 0.125. The van der Waals surface area contributed by atoms with E-state index < -0.39 is 0 Å². The highest BCUT2D eigenvalue weighted by molar-refractivity contribution is 4.63. The monoisotopic (exact) mass is 175 g/mol. The Hall–Kier alpha value is -0.120. The predicted molar refractivity (Wildman–Crippen MR) is 50.1 cm³/mol. The van der Waals surface area contributed by atoms with Gasteiger partial charge in [-0.25, -0.2) is 0 Å². The standard InChI is InChI=1S/C9H21NO2/c1-8(2)10(6-7-11)5-4-9(3)12/h8-9,11-12H,4-7H2,1-3H3. The van der Waals surface area contributed by atoms with Crippen LogP contribution in [0.3, 0.4) is 0 Å². The van der Waals surface area contributed by atoms with Gasteiger partial charge in [0.2, 0.25) is 0 Å². The molecular weight excluding hydrogens is 154 g/mol. The first-order chi connectivity index (χ1) is 5.57. The van der Waals surface area contributed by atoms with Gasteiger partial charge in [0.1, 0.15) is 0 Å². The summed E-state index contributed by atoms with van der Waals surface area (Å²) in [6.45, 7) is 7.73. The zero-order valence-electron chi connectivity index (χ0n) is 8.32. The van der Waals surface area contributed by atoms with Crippen molar-refractivity contribution in [2.75, 3.05) is 19.7 Å². The molecule has 1 atom stereocenters. The van der Waals surface area contributed by atoms with E-state index in [0.717, 1.165) is 13.0 Å². The molecule has 0 aromatic carbocycles. The molecular formula is C9H21NO2. The van der Waals surface area contributed by atoms with Crippen molar-refractivity contribution in [2.24, 2.45) is 0 Å². The Morgan fingerprint density at radius 3 is 2.08 bits per heavy atom. The van der Waals surface area contributed by atoms with Crippen LogP contribution >= 0.6 is 0 Å². The lowest BCUT2D eigenvalue weighted by Gasteiger charge is -2.25. The van der Waals surface area contributed by atoms with Crippen LogP contribution in [0.4, 0.5) is 0 Å². The topological polar surface area (TPSA) is 43.7 Å². The van der Waals surface area contributed by atoms with Crippen molar-refractivity contribution in [2.45, 2.75) is 39.3 Å². The summed E-state index contributed by atoms with van der Waals surface area (Å²) in [7, 11) is 0. The number of aliphatic hydroxyl groups is 2. The Morgan fingerprint density at radius 1 is 1.17 bits per heavy atom. The van der Waals surface area contributed by atoms with Gasteiger partial charge in [-0.1, -0.05) is 0 Å². The van der Waals surface area contributed by atoms with Crippen LogP contribution in [0.25, 0.3) is 0 Å². The minimum absolute atomic E-state index is 0.192. The zero-order valence-corrected chi connectivity index (χ0v) is 8.32. The van der Waals surface area contributed by atoms with Gasteiger partial charge in [-0.3, -0.25) is 4.90 Å². The molecule has 0 aliphatic heterocycles. The molecule has 0 radical (unpaired) electrons. The van der Waals surface area contributed by atoms with Crippen molar-refractivity contribution in [1.82, 2.24) is 4.90 Å². The third-order valence-electron chi connectivity index (χ3n) is 1.95. The summed E-state index contributed by atoms with van der Waals surface area (Å²) >= 11 is 0. The lowest BCUT2D eigenvalue weighted by Crippen LogP contribution is -2.35. The third kappa shape index (κ3) is 5.52. The zero-order chi connectivity index (χ0) is 9.56. The molecule has 2 N–H and O–H groups in total. The van der Waals surface area contributed by atoms with E-state index in [1.807, 2.05) is 0 Å². The largest absolute Gasteiger partial charge is 0.395 e. The smallest absolute Gasteiger partial charge is 0.0558 e. The molecule has 1 unspecified atom stereocenters. The van der Waals surface area contributed by atoms with Gasteiger partial charge in [0, 0.05) is 19.1 Å². The molecule has 0 aliphatic carbocycles. The molecule has 12 heavy (non-hydrogen) atoms. The third-order valence-corrected chi connectivity index (χ3v) is 1.95. The predicted octanol–water partition coefficient (Wildman–Crippen LogP) is 0.460. The van der Waals surface area contributed by atoms with Crippen LogP contribution in [0.2, 0.25) is 0 Å². The summed E-state index contributed by atoms with van der Waals surface area (Å²) in [5, 5.41) is 17.8.